The lowest BCUT2D eigenvalue weighted by molar-refractivity contribution is 0.0706. The molecule has 0 aliphatic rings. The van der Waals surface area contributed by atoms with E-state index in [1.807, 2.05) is 0 Å². The van der Waals surface area contributed by atoms with E-state index in [2.05, 4.69) is 0 Å². The van der Waals surface area contributed by atoms with Gasteiger partial charge in [-0.2, -0.15) is 0 Å². The summed E-state index contributed by atoms with van der Waals surface area (Å²) in [6, 6.07) is 18.3. The molecule has 0 saturated heterocycles. The molecule has 0 aliphatic carbocycles. The lowest BCUT2D eigenvalue weighted by Crippen LogP contribution is -2.39. The van der Waals surface area contributed by atoms with Crippen molar-refractivity contribution >= 4 is 16.8 Å². The molecule has 3 aromatic carbocycles. The van der Waals surface area contributed by atoms with Crippen LogP contribution in [-0.2, 0) is 6.54 Å². The Bertz CT molecular complexity index is 1370. The number of rotatable bonds is 4. The van der Waals surface area contributed by atoms with E-state index in [4.69, 9.17) is 5.21 Å². The zero-order valence-electron chi connectivity index (χ0n) is 15.6. The Labute approximate surface area is 169 Å². The minimum atomic E-state index is -0.649. The van der Waals surface area contributed by atoms with Crippen LogP contribution in [0.15, 0.2) is 82.4 Å². The average molecular weight is 405 g/mol. The van der Waals surface area contributed by atoms with Crippen LogP contribution in [0.25, 0.3) is 16.6 Å². The van der Waals surface area contributed by atoms with Crippen LogP contribution in [-0.4, -0.2) is 20.2 Å². The molecular weight excluding hydrogens is 389 g/mol. The molecule has 0 bridgehead atoms. The van der Waals surface area contributed by atoms with E-state index in [1.54, 1.807) is 41.9 Å². The number of nitrogens with one attached hydrogen (secondary N) is 1. The van der Waals surface area contributed by atoms with Crippen molar-refractivity contribution in [3.63, 3.8) is 0 Å². The van der Waals surface area contributed by atoms with Crippen LogP contribution in [0.3, 0.4) is 0 Å². The van der Waals surface area contributed by atoms with Crippen molar-refractivity contribution in [1.29, 1.82) is 0 Å². The number of hydrogen-bond donors (Lipinski definition) is 2. The summed E-state index contributed by atoms with van der Waals surface area (Å²) in [5.74, 6) is -1.21. The number of aromatic nitrogens is 2. The molecular formula is C22H16FN3O4. The Morgan fingerprint density at radius 1 is 0.967 bits per heavy atom. The van der Waals surface area contributed by atoms with Crippen molar-refractivity contribution in [2.75, 3.05) is 0 Å². The first-order valence-electron chi connectivity index (χ1n) is 9.03. The molecule has 4 rings (SSSR count). The highest BCUT2D eigenvalue weighted by Gasteiger charge is 2.15. The van der Waals surface area contributed by atoms with Crippen LogP contribution in [0.5, 0.6) is 0 Å². The van der Waals surface area contributed by atoms with Crippen LogP contribution in [0, 0.1) is 5.82 Å². The molecule has 7 nitrogen and oxygen atoms in total. The molecule has 1 heterocycles. The number of amides is 1. The first-order valence-corrected chi connectivity index (χ1v) is 9.03. The van der Waals surface area contributed by atoms with Crippen molar-refractivity contribution in [2.24, 2.45) is 0 Å². The van der Waals surface area contributed by atoms with Crippen LogP contribution in [0.4, 0.5) is 4.39 Å². The van der Waals surface area contributed by atoms with Crippen molar-refractivity contribution < 1.29 is 14.4 Å². The van der Waals surface area contributed by atoms with E-state index in [9.17, 15) is 18.8 Å². The molecule has 0 atom stereocenters. The minimum Gasteiger partial charge on any atom is -0.288 e. The topological polar surface area (TPSA) is 93.3 Å². The summed E-state index contributed by atoms with van der Waals surface area (Å²) in [4.78, 5) is 37.7. The fourth-order valence-corrected chi connectivity index (χ4v) is 3.33. The largest absolute Gasteiger partial charge is 0.336 e. The molecule has 2 N–H and O–H groups in total. The van der Waals surface area contributed by atoms with Gasteiger partial charge in [0.05, 0.1) is 23.1 Å². The highest BCUT2D eigenvalue weighted by molar-refractivity contribution is 5.93. The standard InChI is InChI=1S/C22H16FN3O4/c23-16-4-3-5-17(12-16)26-21(28)18-6-1-2-7-19(18)25(22(26)29)13-14-8-10-15(11-9-14)20(27)24-30/h1-12,30H,13H2,(H,24,27). The summed E-state index contributed by atoms with van der Waals surface area (Å²) < 4.78 is 16.1. The second-order valence-electron chi connectivity index (χ2n) is 6.64. The van der Waals surface area contributed by atoms with Gasteiger partial charge in [0.25, 0.3) is 11.5 Å². The predicted molar refractivity (Wildman–Crippen MR) is 109 cm³/mol. The Kier molecular flexibility index (Phi) is 4.99. The normalized spacial score (nSPS) is 10.9. The highest BCUT2D eigenvalue weighted by Crippen LogP contribution is 2.13. The summed E-state index contributed by atoms with van der Waals surface area (Å²) in [6.07, 6.45) is 0. The molecule has 30 heavy (non-hydrogen) atoms. The first kappa shape index (κ1) is 19.3. The molecule has 1 aromatic heterocycles. The quantitative estimate of drug-likeness (QED) is 0.403. The van der Waals surface area contributed by atoms with Gasteiger partial charge in [0.15, 0.2) is 0 Å². The van der Waals surface area contributed by atoms with Gasteiger partial charge >= 0.3 is 5.69 Å². The number of halogens is 1. The summed E-state index contributed by atoms with van der Waals surface area (Å²) in [7, 11) is 0. The minimum absolute atomic E-state index is 0.121. The molecule has 1 amide bonds. The van der Waals surface area contributed by atoms with Crippen LogP contribution in [0.2, 0.25) is 0 Å². The van der Waals surface area contributed by atoms with Crippen molar-refractivity contribution in [3.8, 4) is 5.69 Å². The first-order chi connectivity index (χ1) is 14.5. The third kappa shape index (κ3) is 3.40. The van der Waals surface area contributed by atoms with Crippen LogP contribution in [0.1, 0.15) is 15.9 Å². The molecule has 8 heteroatoms. The molecule has 4 aromatic rings. The van der Waals surface area contributed by atoms with Crippen molar-refractivity contribution in [3.05, 3.63) is 111 Å². The van der Waals surface area contributed by atoms with Gasteiger partial charge in [0.2, 0.25) is 0 Å². The zero-order chi connectivity index (χ0) is 21.3. The van der Waals surface area contributed by atoms with Crippen LogP contribution >= 0.6 is 0 Å². The third-order valence-corrected chi connectivity index (χ3v) is 4.78. The summed E-state index contributed by atoms with van der Waals surface area (Å²) in [6.45, 7) is 0.121. The maximum atomic E-state index is 13.7. The SMILES string of the molecule is O=C(NO)c1ccc(Cn2c(=O)n(-c3cccc(F)c3)c(=O)c3ccccc32)cc1. The second kappa shape index (κ2) is 7.76. The van der Waals surface area contributed by atoms with E-state index in [-0.39, 0.29) is 17.8 Å². The number of fused-ring (bicyclic) bond motifs is 1. The number of carbonyl (C=O) groups is 1. The van der Waals surface area contributed by atoms with Gasteiger partial charge in [-0.15, -0.1) is 0 Å². The number of hydrogen-bond acceptors (Lipinski definition) is 4. The molecule has 0 fully saturated rings. The Hall–Kier alpha value is -4.04. The van der Waals surface area contributed by atoms with Gasteiger partial charge in [0.1, 0.15) is 5.82 Å². The second-order valence-corrected chi connectivity index (χ2v) is 6.64. The fourth-order valence-electron chi connectivity index (χ4n) is 3.33. The van der Waals surface area contributed by atoms with Gasteiger partial charge in [-0.25, -0.2) is 19.2 Å². The van der Waals surface area contributed by atoms with Crippen LogP contribution < -0.4 is 16.7 Å². The Morgan fingerprint density at radius 3 is 2.40 bits per heavy atom. The number of para-hydroxylation sites is 1. The predicted octanol–water partition coefficient (Wildman–Crippen LogP) is 2.46. The number of nitrogens with zero attached hydrogens (tertiary/aromatic N) is 2. The average Bonchev–Trinajstić information content (AvgIpc) is 2.77. The van der Waals surface area contributed by atoms with Gasteiger partial charge in [-0.3, -0.25) is 19.4 Å². The summed E-state index contributed by atoms with van der Waals surface area (Å²) in [5, 5.41) is 9.04. The highest BCUT2D eigenvalue weighted by atomic mass is 19.1. The fraction of sp³-hybridized carbons (Fsp3) is 0.0455. The van der Waals surface area contributed by atoms with Gasteiger partial charge < -0.3 is 0 Å². The lowest BCUT2D eigenvalue weighted by Gasteiger charge is -2.14. The van der Waals surface area contributed by atoms with Crippen molar-refractivity contribution in [2.45, 2.75) is 6.54 Å². The van der Waals surface area contributed by atoms with E-state index in [0.717, 1.165) is 10.6 Å². The Morgan fingerprint density at radius 2 is 1.70 bits per heavy atom. The van der Waals surface area contributed by atoms with E-state index in [0.29, 0.717) is 16.5 Å². The molecule has 0 spiro atoms. The van der Waals surface area contributed by atoms with Gasteiger partial charge in [-0.1, -0.05) is 30.3 Å². The third-order valence-electron chi connectivity index (χ3n) is 4.78. The number of carbonyl (C=O) groups excluding carboxylic acids is 1. The van der Waals surface area contributed by atoms with Gasteiger partial charge in [-0.05, 0) is 48.0 Å². The zero-order valence-corrected chi connectivity index (χ0v) is 15.6. The molecule has 0 saturated carbocycles. The molecule has 150 valence electrons. The van der Waals surface area contributed by atoms with E-state index >= 15 is 0 Å². The summed E-state index contributed by atoms with van der Waals surface area (Å²) >= 11 is 0. The number of benzene rings is 3. The van der Waals surface area contributed by atoms with E-state index in [1.165, 1.54) is 34.9 Å². The Balaban J connectivity index is 1.90. The maximum Gasteiger partial charge on any atom is 0.336 e. The smallest absolute Gasteiger partial charge is 0.288 e. The maximum absolute atomic E-state index is 13.7. The summed E-state index contributed by atoms with van der Waals surface area (Å²) in [5.41, 5.74) is 1.94. The molecule has 0 unspecified atom stereocenters. The lowest BCUT2D eigenvalue weighted by atomic mass is 10.1. The number of hydroxylamine groups is 1. The molecule has 0 radical (unpaired) electrons. The van der Waals surface area contributed by atoms with Crippen molar-refractivity contribution in [1.82, 2.24) is 14.6 Å². The van der Waals surface area contributed by atoms with E-state index < -0.39 is 23.0 Å². The van der Waals surface area contributed by atoms with Gasteiger partial charge in [0, 0.05) is 5.56 Å². The molecule has 0 aliphatic heterocycles. The monoisotopic (exact) mass is 405 g/mol.